The van der Waals surface area contributed by atoms with E-state index in [1.165, 1.54) is 17.5 Å². The smallest absolute Gasteiger partial charge is 0.0954 e. The third-order valence-corrected chi connectivity index (χ3v) is 4.34. The van der Waals surface area contributed by atoms with Gasteiger partial charge in [-0.25, -0.2) is 0 Å². The molecule has 0 aromatic heterocycles. The van der Waals surface area contributed by atoms with Gasteiger partial charge in [0.1, 0.15) is 0 Å². The normalized spacial score (nSPS) is 25.7. The van der Waals surface area contributed by atoms with Gasteiger partial charge < -0.3 is 10.5 Å². The number of hydrogen-bond donors (Lipinski definition) is 1. The molecule has 2 N–H and O–H groups in total. The van der Waals surface area contributed by atoms with Crippen molar-refractivity contribution in [1.82, 2.24) is 4.90 Å². The molecular formula is C16H24N2O. The molecule has 1 aromatic carbocycles. The molecule has 2 aliphatic heterocycles. The Morgan fingerprint density at radius 3 is 2.95 bits per heavy atom. The average molecular weight is 260 g/mol. The van der Waals surface area contributed by atoms with E-state index >= 15 is 0 Å². The monoisotopic (exact) mass is 260 g/mol. The van der Waals surface area contributed by atoms with E-state index in [1.54, 1.807) is 0 Å². The largest absolute Gasteiger partial charge is 0.372 e. The second-order valence-electron chi connectivity index (χ2n) is 6.09. The molecule has 3 rings (SSSR count). The molecule has 0 radical (unpaired) electrons. The van der Waals surface area contributed by atoms with Crippen LogP contribution in [0.3, 0.4) is 0 Å². The van der Waals surface area contributed by atoms with Gasteiger partial charge in [-0.15, -0.1) is 0 Å². The first-order valence-corrected chi connectivity index (χ1v) is 7.41. The van der Waals surface area contributed by atoms with Crippen molar-refractivity contribution in [2.75, 3.05) is 26.2 Å². The molecule has 0 bridgehead atoms. The highest BCUT2D eigenvalue weighted by molar-refractivity contribution is 5.31. The number of nitrogens with zero attached hydrogens (tertiary/aromatic N) is 1. The molecule has 0 amide bonds. The van der Waals surface area contributed by atoms with Crippen molar-refractivity contribution in [3.8, 4) is 0 Å². The van der Waals surface area contributed by atoms with Crippen LogP contribution >= 0.6 is 0 Å². The molecule has 1 fully saturated rings. The number of ether oxygens (including phenoxy) is 1. The first-order valence-electron chi connectivity index (χ1n) is 7.41. The third-order valence-electron chi connectivity index (χ3n) is 4.34. The summed E-state index contributed by atoms with van der Waals surface area (Å²) in [5, 5.41) is 0. The molecule has 1 saturated heterocycles. The summed E-state index contributed by atoms with van der Waals surface area (Å²) in [7, 11) is 0. The predicted molar refractivity (Wildman–Crippen MR) is 77.1 cm³/mol. The van der Waals surface area contributed by atoms with Crippen LogP contribution in [0.2, 0.25) is 0 Å². The third kappa shape index (κ3) is 2.69. The van der Waals surface area contributed by atoms with E-state index in [0.29, 0.717) is 0 Å². The minimum atomic E-state index is 0.0585. The van der Waals surface area contributed by atoms with Gasteiger partial charge in [-0.1, -0.05) is 37.6 Å². The standard InChI is InChI=1S/C16H24N2O/c1-2-8-16(17)11-18(12-16)10-15-14-6-4-3-5-13(14)7-9-19-15/h3-6,15H,2,7-12,17H2,1H3. The predicted octanol–water partition coefficient (Wildman–Crippen LogP) is 2.11. The highest BCUT2D eigenvalue weighted by Crippen LogP contribution is 2.31. The number of nitrogens with two attached hydrogens (primary N) is 1. The van der Waals surface area contributed by atoms with Crippen molar-refractivity contribution in [1.29, 1.82) is 0 Å². The molecule has 0 spiro atoms. The molecule has 3 nitrogen and oxygen atoms in total. The second-order valence-corrected chi connectivity index (χ2v) is 6.09. The van der Waals surface area contributed by atoms with Crippen LogP contribution in [0.4, 0.5) is 0 Å². The van der Waals surface area contributed by atoms with E-state index in [9.17, 15) is 0 Å². The Bertz CT molecular complexity index is 440. The van der Waals surface area contributed by atoms with Gasteiger partial charge >= 0.3 is 0 Å². The fraction of sp³-hybridized carbons (Fsp3) is 0.625. The summed E-state index contributed by atoms with van der Waals surface area (Å²) in [6.07, 6.45) is 3.58. The van der Waals surface area contributed by atoms with Crippen molar-refractivity contribution in [2.24, 2.45) is 5.73 Å². The van der Waals surface area contributed by atoms with Crippen molar-refractivity contribution in [3.05, 3.63) is 35.4 Å². The zero-order valence-corrected chi connectivity index (χ0v) is 11.8. The van der Waals surface area contributed by atoms with E-state index in [1.807, 2.05) is 0 Å². The lowest BCUT2D eigenvalue weighted by atomic mass is 9.85. The summed E-state index contributed by atoms with van der Waals surface area (Å²) in [4.78, 5) is 2.43. The van der Waals surface area contributed by atoms with Gasteiger partial charge in [0, 0.05) is 25.2 Å². The Balaban J connectivity index is 1.61. The number of rotatable bonds is 4. The highest BCUT2D eigenvalue weighted by Gasteiger charge is 2.39. The van der Waals surface area contributed by atoms with Crippen LogP contribution in [0.25, 0.3) is 0 Å². The van der Waals surface area contributed by atoms with E-state index in [4.69, 9.17) is 10.5 Å². The fourth-order valence-electron chi connectivity index (χ4n) is 3.49. The van der Waals surface area contributed by atoms with Crippen LogP contribution in [-0.2, 0) is 11.2 Å². The average Bonchev–Trinajstić information content (AvgIpc) is 2.38. The lowest BCUT2D eigenvalue weighted by molar-refractivity contribution is -0.0240. The van der Waals surface area contributed by atoms with Gasteiger partial charge in [-0.05, 0) is 24.0 Å². The number of benzene rings is 1. The minimum Gasteiger partial charge on any atom is -0.372 e. The summed E-state index contributed by atoms with van der Waals surface area (Å²) in [5.74, 6) is 0. The first-order chi connectivity index (χ1) is 9.20. The maximum Gasteiger partial charge on any atom is 0.0954 e. The van der Waals surface area contributed by atoms with Crippen LogP contribution in [0, 0.1) is 0 Å². The van der Waals surface area contributed by atoms with Gasteiger partial charge in [0.25, 0.3) is 0 Å². The summed E-state index contributed by atoms with van der Waals surface area (Å²) >= 11 is 0. The van der Waals surface area contributed by atoms with Crippen LogP contribution in [0.15, 0.2) is 24.3 Å². The Hall–Kier alpha value is -0.900. The van der Waals surface area contributed by atoms with Crippen molar-refractivity contribution >= 4 is 0 Å². The molecular weight excluding hydrogens is 236 g/mol. The quantitative estimate of drug-likeness (QED) is 0.901. The fourth-order valence-corrected chi connectivity index (χ4v) is 3.49. The van der Waals surface area contributed by atoms with Gasteiger partial charge in [0.2, 0.25) is 0 Å². The van der Waals surface area contributed by atoms with Gasteiger partial charge in [-0.3, -0.25) is 4.90 Å². The zero-order chi connectivity index (χ0) is 13.3. The van der Waals surface area contributed by atoms with Gasteiger partial charge in [-0.2, -0.15) is 0 Å². The highest BCUT2D eigenvalue weighted by atomic mass is 16.5. The molecule has 0 aliphatic carbocycles. The number of fused-ring (bicyclic) bond motifs is 1. The molecule has 3 heteroatoms. The zero-order valence-electron chi connectivity index (χ0n) is 11.8. The molecule has 1 aromatic rings. The van der Waals surface area contributed by atoms with Crippen LogP contribution in [0.1, 0.15) is 37.0 Å². The molecule has 19 heavy (non-hydrogen) atoms. The minimum absolute atomic E-state index is 0.0585. The van der Waals surface area contributed by atoms with Crippen molar-refractivity contribution in [2.45, 2.75) is 37.8 Å². The summed E-state index contributed by atoms with van der Waals surface area (Å²) in [5.41, 5.74) is 9.20. The molecule has 1 unspecified atom stereocenters. The van der Waals surface area contributed by atoms with Gasteiger partial charge in [0.05, 0.1) is 12.7 Å². The Kier molecular flexibility index (Phi) is 3.61. The molecule has 104 valence electrons. The Labute approximate surface area is 115 Å². The van der Waals surface area contributed by atoms with Crippen LogP contribution in [0.5, 0.6) is 0 Å². The summed E-state index contributed by atoms with van der Waals surface area (Å²) in [6, 6.07) is 8.67. The van der Waals surface area contributed by atoms with Crippen LogP contribution in [-0.4, -0.2) is 36.7 Å². The SMILES string of the molecule is CCCC1(N)CN(CC2OCCc3ccccc32)C1. The van der Waals surface area contributed by atoms with E-state index in [2.05, 4.69) is 36.1 Å². The van der Waals surface area contributed by atoms with Crippen molar-refractivity contribution in [3.63, 3.8) is 0 Å². The molecule has 2 aliphatic rings. The van der Waals surface area contributed by atoms with Crippen molar-refractivity contribution < 1.29 is 4.74 Å². The molecule has 0 saturated carbocycles. The lowest BCUT2D eigenvalue weighted by Gasteiger charge is -2.49. The molecule has 1 atom stereocenters. The number of hydrogen-bond acceptors (Lipinski definition) is 3. The topological polar surface area (TPSA) is 38.5 Å². The maximum absolute atomic E-state index is 6.32. The Morgan fingerprint density at radius 2 is 2.16 bits per heavy atom. The van der Waals surface area contributed by atoms with E-state index in [0.717, 1.165) is 39.1 Å². The lowest BCUT2D eigenvalue weighted by Crippen LogP contribution is -2.67. The Morgan fingerprint density at radius 1 is 1.37 bits per heavy atom. The summed E-state index contributed by atoms with van der Waals surface area (Å²) < 4.78 is 5.96. The van der Waals surface area contributed by atoms with Crippen LogP contribution < -0.4 is 5.73 Å². The number of likely N-dealkylation sites (tertiary alicyclic amines) is 1. The first kappa shape index (κ1) is 13.1. The summed E-state index contributed by atoms with van der Waals surface area (Å²) in [6.45, 7) is 6.07. The van der Waals surface area contributed by atoms with E-state index < -0.39 is 0 Å². The maximum atomic E-state index is 6.32. The molecule has 2 heterocycles. The second kappa shape index (κ2) is 5.23. The van der Waals surface area contributed by atoms with E-state index in [-0.39, 0.29) is 11.6 Å². The van der Waals surface area contributed by atoms with Gasteiger partial charge in [0.15, 0.2) is 0 Å².